The van der Waals surface area contributed by atoms with Crippen LogP contribution in [0.5, 0.6) is 0 Å². The Kier molecular flexibility index (Phi) is 5.84. The van der Waals surface area contributed by atoms with Gasteiger partial charge < -0.3 is 9.64 Å². The van der Waals surface area contributed by atoms with Crippen LogP contribution in [0, 0.1) is 0 Å². The van der Waals surface area contributed by atoms with Crippen molar-refractivity contribution in [3.63, 3.8) is 0 Å². The molecule has 1 aromatic carbocycles. The molecular formula is C24H28N4O2. The molecule has 6 nitrogen and oxygen atoms in total. The molecule has 0 unspecified atom stereocenters. The fourth-order valence-corrected chi connectivity index (χ4v) is 4.41. The molecule has 0 radical (unpaired) electrons. The van der Waals surface area contributed by atoms with Gasteiger partial charge in [-0.05, 0) is 72.9 Å². The lowest BCUT2D eigenvalue weighted by molar-refractivity contribution is 0.0599. The van der Waals surface area contributed by atoms with Gasteiger partial charge in [0.1, 0.15) is 0 Å². The molecule has 0 saturated heterocycles. The summed E-state index contributed by atoms with van der Waals surface area (Å²) in [5.41, 5.74) is 6.72. The van der Waals surface area contributed by atoms with Crippen LogP contribution in [0.2, 0.25) is 0 Å². The zero-order chi connectivity index (χ0) is 21.1. The van der Waals surface area contributed by atoms with Crippen LogP contribution in [0.3, 0.4) is 0 Å². The van der Waals surface area contributed by atoms with Crippen LogP contribution in [0.25, 0.3) is 0 Å². The van der Waals surface area contributed by atoms with Crippen molar-refractivity contribution in [2.75, 3.05) is 19.1 Å². The number of pyridine rings is 1. The SMILES string of the molecule is COC(=O)c1ccncc1CC[C@@H]1CCCc2cc(N(C)c3cnn(C)c3)ccc21. The molecule has 1 atom stereocenters. The summed E-state index contributed by atoms with van der Waals surface area (Å²) in [5, 5.41) is 4.28. The fraction of sp³-hybridized carbons (Fsp3) is 0.375. The number of esters is 1. The summed E-state index contributed by atoms with van der Waals surface area (Å²) in [5.74, 6) is 0.205. The summed E-state index contributed by atoms with van der Waals surface area (Å²) in [7, 11) is 5.43. The summed E-state index contributed by atoms with van der Waals surface area (Å²) < 4.78 is 6.74. The third-order valence-corrected chi connectivity index (χ3v) is 6.10. The maximum absolute atomic E-state index is 12.0. The van der Waals surface area contributed by atoms with Crippen molar-refractivity contribution < 1.29 is 9.53 Å². The van der Waals surface area contributed by atoms with Crippen LogP contribution >= 0.6 is 0 Å². The molecular weight excluding hydrogens is 376 g/mol. The topological polar surface area (TPSA) is 60.2 Å². The van der Waals surface area contributed by atoms with Gasteiger partial charge in [0.25, 0.3) is 0 Å². The Morgan fingerprint density at radius 3 is 2.90 bits per heavy atom. The number of benzene rings is 1. The number of aromatic nitrogens is 3. The van der Waals surface area contributed by atoms with Crippen LogP contribution in [0.15, 0.2) is 49.1 Å². The zero-order valence-corrected chi connectivity index (χ0v) is 17.8. The molecule has 2 aromatic heterocycles. The molecule has 0 N–H and O–H groups in total. The zero-order valence-electron chi connectivity index (χ0n) is 17.8. The number of hydrogen-bond donors (Lipinski definition) is 0. The Bertz CT molecular complexity index is 1040. The molecule has 1 aliphatic carbocycles. The van der Waals surface area contributed by atoms with E-state index in [1.54, 1.807) is 18.5 Å². The second kappa shape index (κ2) is 8.69. The van der Waals surface area contributed by atoms with Crippen molar-refractivity contribution >= 4 is 17.3 Å². The van der Waals surface area contributed by atoms with Crippen molar-refractivity contribution in [1.29, 1.82) is 0 Å². The molecule has 6 heteroatoms. The maximum Gasteiger partial charge on any atom is 0.338 e. The Balaban J connectivity index is 1.51. The number of methoxy groups -OCH3 is 1. The number of aryl methyl sites for hydroxylation is 3. The van der Waals surface area contributed by atoms with E-state index in [0.717, 1.165) is 30.5 Å². The highest BCUT2D eigenvalue weighted by Crippen LogP contribution is 2.37. The van der Waals surface area contributed by atoms with Crippen LogP contribution < -0.4 is 4.90 Å². The Hall–Kier alpha value is -3.15. The van der Waals surface area contributed by atoms with Gasteiger partial charge in [-0.2, -0.15) is 5.10 Å². The predicted octanol–water partition coefficient (Wildman–Crippen LogP) is 4.42. The average Bonchev–Trinajstić information content (AvgIpc) is 3.22. The molecule has 2 heterocycles. The summed E-state index contributed by atoms with van der Waals surface area (Å²) >= 11 is 0. The predicted molar refractivity (Wildman–Crippen MR) is 117 cm³/mol. The van der Waals surface area contributed by atoms with Crippen LogP contribution in [-0.4, -0.2) is 34.9 Å². The molecule has 3 aromatic rings. The van der Waals surface area contributed by atoms with Crippen LogP contribution in [0.4, 0.5) is 11.4 Å². The van der Waals surface area contributed by atoms with Crippen molar-refractivity contribution in [2.45, 2.75) is 38.0 Å². The van der Waals surface area contributed by atoms with Gasteiger partial charge in [0.2, 0.25) is 0 Å². The summed E-state index contributed by atoms with van der Waals surface area (Å²) in [6.07, 6.45) is 12.6. The lowest BCUT2D eigenvalue weighted by atomic mass is 9.79. The van der Waals surface area contributed by atoms with Crippen molar-refractivity contribution in [2.24, 2.45) is 7.05 Å². The van der Waals surface area contributed by atoms with Gasteiger partial charge in [0, 0.05) is 38.4 Å². The normalized spacial score (nSPS) is 15.5. The highest BCUT2D eigenvalue weighted by molar-refractivity contribution is 5.90. The summed E-state index contributed by atoms with van der Waals surface area (Å²) in [6, 6.07) is 8.55. The van der Waals surface area contributed by atoms with E-state index in [4.69, 9.17) is 4.74 Å². The number of anilines is 2. The minimum absolute atomic E-state index is 0.292. The quantitative estimate of drug-likeness (QED) is 0.569. The van der Waals surface area contributed by atoms with E-state index in [0.29, 0.717) is 11.5 Å². The third kappa shape index (κ3) is 4.08. The van der Waals surface area contributed by atoms with E-state index in [1.165, 1.54) is 36.8 Å². The molecule has 0 aliphatic heterocycles. The molecule has 0 saturated carbocycles. The lowest BCUT2D eigenvalue weighted by Crippen LogP contribution is -2.14. The van der Waals surface area contributed by atoms with Crippen molar-refractivity contribution in [3.05, 3.63) is 71.3 Å². The highest BCUT2D eigenvalue weighted by atomic mass is 16.5. The van der Waals surface area contributed by atoms with Crippen molar-refractivity contribution in [1.82, 2.24) is 14.8 Å². The monoisotopic (exact) mass is 404 g/mol. The maximum atomic E-state index is 12.0. The Morgan fingerprint density at radius 1 is 1.27 bits per heavy atom. The van der Waals surface area contributed by atoms with Crippen LogP contribution in [-0.2, 0) is 24.6 Å². The Morgan fingerprint density at radius 2 is 2.13 bits per heavy atom. The van der Waals surface area contributed by atoms with Gasteiger partial charge in [-0.1, -0.05) is 6.07 Å². The number of carbonyl (C=O) groups excluding carboxylic acids is 1. The minimum atomic E-state index is -0.292. The van der Waals surface area contributed by atoms with Crippen molar-refractivity contribution in [3.8, 4) is 0 Å². The van der Waals surface area contributed by atoms with E-state index in [-0.39, 0.29) is 5.97 Å². The smallest absolute Gasteiger partial charge is 0.338 e. The molecule has 1 aliphatic rings. The second-order valence-electron chi connectivity index (χ2n) is 7.97. The first-order valence-corrected chi connectivity index (χ1v) is 10.4. The number of hydrogen-bond acceptors (Lipinski definition) is 5. The number of fused-ring (bicyclic) bond motifs is 1. The molecule has 30 heavy (non-hydrogen) atoms. The van der Waals surface area contributed by atoms with E-state index >= 15 is 0 Å². The van der Waals surface area contributed by atoms with E-state index in [2.05, 4.69) is 40.2 Å². The average molecular weight is 405 g/mol. The van der Waals surface area contributed by atoms with E-state index in [1.807, 2.05) is 24.1 Å². The molecule has 0 bridgehead atoms. The molecule has 0 fully saturated rings. The van der Waals surface area contributed by atoms with Gasteiger partial charge in [-0.25, -0.2) is 4.79 Å². The summed E-state index contributed by atoms with van der Waals surface area (Å²) in [6.45, 7) is 0. The molecule has 156 valence electrons. The van der Waals surface area contributed by atoms with Gasteiger partial charge in [0.05, 0.1) is 24.6 Å². The van der Waals surface area contributed by atoms with E-state index < -0.39 is 0 Å². The Labute approximate surface area is 177 Å². The van der Waals surface area contributed by atoms with E-state index in [9.17, 15) is 4.79 Å². The van der Waals surface area contributed by atoms with Gasteiger partial charge >= 0.3 is 5.97 Å². The number of carbonyl (C=O) groups is 1. The lowest BCUT2D eigenvalue weighted by Gasteiger charge is -2.28. The number of rotatable bonds is 6. The first-order chi connectivity index (χ1) is 14.6. The standard InChI is InChI=1S/C24H28N4O2/c1-27-16-21(15-26-27)28(2)20-9-10-22-17(5-4-6-18(22)13-20)7-8-19-14-25-12-11-23(19)24(29)30-3/h9-17H,4-8H2,1-3H3/t17-/m0/s1. The number of ether oxygens (including phenoxy) is 1. The van der Waals surface area contributed by atoms with Gasteiger partial charge in [0.15, 0.2) is 0 Å². The first kappa shape index (κ1) is 20.1. The summed E-state index contributed by atoms with van der Waals surface area (Å²) in [4.78, 5) is 18.4. The minimum Gasteiger partial charge on any atom is -0.465 e. The number of nitrogens with zero attached hydrogens (tertiary/aromatic N) is 4. The molecule has 0 spiro atoms. The van der Waals surface area contributed by atoms with Crippen LogP contribution in [0.1, 0.15) is 52.2 Å². The molecule has 4 rings (SSSR count). The van der Waals surface area contributed by atoms with Gasteiger partial charge in [-0.15, -0.1) is 0 Å². The second-order valence-corrected chi connectivity index (χ2v) is 7.97. The fourth-order valence-electron chi connectivity index (χ4n) is 4.41. The third-order valence-electron chi connectivity index (χ3n) is 6.10. The largest absolute Gasteiger partial charge is 0.465 e. The highest BCUT2D eigenvalue weighted by Gasteiger charge is 2.22. The van der Waals surface area contributed by atoms with Gasteiger partial charge in [-0.3, -0.25) is 9.67 Å². The first-order valence-electron chi connectivity index (χ1n) is 10.4. The molecule has 0 amide bonds.